The fraction of sp³-hybridized carbons (Fsp3) is 0.318. The van der Waals surface area contributed by atoms with Gasteiger partial charge in [-0.1, -0.05) is 6.07 Å². The Morgan fingerprint density at radius 2 is 1.75 bits per heavy atom. The Kier molecular flexibility index (Phi) is 4.02. The summed E-state index contributed by atoms with van der Waals surface area (Å²) in [5.74, 6) is 1.34. The van der Waals surface area contributed by atoms with Crippen LogP contribution >= 0.6 is 0 Å². The van der Waals surface area contributed by atoms with Crippen LogP contribution in [0.2, 0.25) is 0 Å². The summed E-state index contributed by atoms with van der Waals surface area (Å²) in [5.41, 5.74) is 2.60. The van der Waals surface area contributed by atoms with Crippen molar-refractivity contribution in [3.05, 3.63) is 52.9 Å². The number of nitrogens with one attached hydrogen (secondary N) is 1. The highest BCUT2D eigenvalue weighted by molar-refractivity contribution is 5.85. The smallest absolute Gasteiger partial charge is 0.344 e. The summed E-state index contributed by atoms with van der Waals surface area (Å²) in [6.45, 7) is 6.42. The van der Waals surface area contributed by atoms with Gasteiger partial charge < -0.3 is 24.1 Å². The molecular weight excluding hydrogens is 356 g/mol. The average Bonchev–Trinajstić information content (AvgIpc) is 3.14. The normalized spacial score (nSPS) is 21.3. The molecule has 3 aromatic rings. The molecule has 28 heavy (non-hydrogen) atoms. The summed E-state index contributed by atoms with van der Waals surface area (Å²) in [5, 5.41) is 4.43. The molecule has 0 aliphatic carbocycles. The van der Waals surface area contributed by atoms with Gasteiger partial charge in [-0.15, -0.1) is 0 Å². The van der Waals surface area contributed by atoms with E-state index >= 15 is 0 Å². The monoisotopic (exact) mass is 378 g/mol. The summed E-state index contributed by atoms with van der Waals surface area (Å²) in [7, 11) is 0. The van der Waals surface area contributed by atoms with Crippen molar-refractivity contribution in [2.75, 3.05) is 24.8 Å². The van der Waals surface area contributed by atoms with Gasteiger partial charge in [0.05, 0.1) is 5.56 Å². The van der Waals surface area contributed by atoms with Crippen molar-refractivity contribution < 1.29 is 13.9 Å². The topological polar surface area (TPSA) is 63.9 Å². The second-order valence-corrected chi connectivity index (χ2v) is 7.61. The number of piperazine rings is 1. The largest absolute Gasteiger partial charge is 0.454 e. The Hall–Kier alpha value is -2.99. The summed E-state index contributed by atoms with van der Waals surface area (Å²) in [4.78, 5) is 15.0. The lowest BCUT2D eigenvalue weighted by Gasteiger charge is -2.37. The summed E-state index contributed by atoms with van der Waals surface area (Å²) < 4.78 is 16.4. The second-order valence-electron chi connectivity index (χ2n) is 7.61. The Bertz CT molecular complexity index is 1100. The molecule has 0 spiro atoms. The minimum absolute atomic E-state index is 0.206. The third kappa shape index (κ3) is 2.99. The molecule has 1 fully saturated rings. The first-order valence-electron chi connectivity index (χ1n) is 9.56. The molecule has 3 heterocycles. The molecule has 1 N–H and O–H groups in total. The van der Waals surface area contributed by atoms with Crippen molar-refractivity contribution in [3.63, 3.8) is 0 Å². The first-order valence-corrected chi connectivity index (χ1v) is 9.56. The van der Waals surface area contributed by atoms with E-state index < -0.39 is 0 Å². The molecule has 2 aromatic carbocycles. The highest BCUT2D eigenvalue weighted by Crippen LogP contribution is 2.36. The van der Waals surface area contributed by atoms with Crippen LogP contribution < -0.4 is 25.3 Å². The van der Waals surface area contributed by atoms with Gasteiger partial charge >= 0.3 is 5.63 Å². The van der Waals surface area contributed by atoms with Crippen LogP contribution in [0.25, 0.3) is 22.1 Å². The van der Waals surface area contributed by atoms with Crippen LogP contribution in [0.3, 0.4) is 0 Å². The number of fused-ring (bicyclic) bond motifs is 2. The van der Waals surface area contributed by atoms with Crippen LogP contribution in [0.4, 0.5) is 5.69 Å². The van der Waals surface area contributed by atoms with Gasteiger partial charge in [0.15, 0.2) is 11.5 Å². The van der Waals surface area contributed by atoms with Crippen LogP contribution in [0.5, 0.6) is 11.5 Å². The van der Waals surface area contributed by atoms with E-state index in [1.165, 1.54) is 0 Å². The molecule has 1 saturated heterocycles. The molecular formula is C22H22N2O4. The van der Waals surface area contributed by atoms with Gasteiger partial charge in [0.2, 0.25) is 6.79 Å². The van der Waals surface area contributed by atoms with Crippen LogP contribution in [-0.4, -0.2) is 32.0 Å². The molecule has 2 unspecified atom stereocenters. The number of hydrogen-bond acceptors (Lipinski definition) is 6. The zero-order valence-electron chi connectivity index (χ0n) is 15.9. The second kappa shape index (κ2) is 6.56. The number of hydrogen-bond donors (Lipinski definition) is 1. The summed E-state index contributed by atoms with van der Waals surface area (Å²) >= 11 is 0. The maximum absolute atomic E-state index is 12.7. The van der Waals surface area contributed by atoms with Crippen LogP contribution in [0.15, 0.2) is 51.7 Å². The van der Waals surface area contributed by atoms with Crippen molar-refractivity contribution in [1.29, 1.82) is 0 Å². The van der Waals surface area contributed by atoms with Gasteiger partial charge in [0.25, 0.3) is 0 Å². The van der Waals surface area contributed by atoms with E-state index in [-0.39, 0.29) is 12.4 Å². The third-order valence-corrected chi connectivity index (χ3v) is 5.33. The minimum atomic E-state index is -0.356. The molecule has 144 valence electrons. The van der Waals surface area contributed by atoms with Crippen LogP contribution in [-0.2, 0) is 0 Å². The van der Waals surface area contributed by atoms with E-state index in [2.05, 4.69) is 30.1 Å². The minimum Gasteiger partial charge on any atom is -0.454 e. The van der Waals surface area contributed by atoms with E-state index in [0.717, 1.165) is 29.7 Å². The molecule has 1 aromatic heterocycles. The van der Waals surface area contributed by atoms with Gasteiger partial charge in [-0.05, 0) is 49.7 Å². The number of nitrogens with zero attached hydrogens (tertiary/aromatic N) is 1. The van der Waals surface area contributed by atoms with Crippen LogP contribution in [0.1, 0.15) is 13.8 Å². The van der Waals surface area contributed by atoms with E-state index in [0.29, 0.717) is 34.7 Å². The van der Waals surface area contributed by atoms with E-state index in [9.17, 15) is 4.79 Å². The average molecular weight is 378 g/mol. The predicted octanol–water partition coefficient (Wildman–Crippen LogP) is 3.38. The fourth-order valence-corrected chi connectivity index (χ4v) is 4.10. The molecule has 0 radical (unpaired) electrons. The lowest BCUT2D eigenvalue weighted by atomic mass is 10.0. The number of rotatable bonds is 2. The maximum Gasteiger partial charge on any atom is 0.344 e. The lowest BCUT2D eigenvalue weighted by molar-refractivity contribution is 0.174. The van der Waals surface area contributed by atoms with Gasteiger partial charge in [-0.3, -0.25) is 0 Å². The molecule has 0 saturated carbocycles. The predicted molar refractivity (Wildman–Crippen MR) is 108 cm³/mol. The number of benzene rings is 2. The van der Waals surface area contributed by atoms with Gasteiger partial charge in [0.1, 0.15) is 5.58 Å². The molecule has 0 bridgehead atoms. The molecule has 6 heteroatoms. The highest BCUT2D eigenvalue weighted by Gasteiger charge is 2.22. The molecule has 6 nitrogen and oxygen atoms in total. The van der Waals surface area contributed by atoms with E-state index in [1.807, 2.05) is 36.4 Å². The quantitative estimate of drug-likeness (QED) is 0.690. The summed E-state index contributed by atoms with van der Waals surface area (Å²) in [6, 6.07) is 14.3. The Morgan fingerprint density at radius 1 is 0.964 bits per heavy atom. The van der Waals surface area contributed by atoms with Crippen molar-refractivity contribution in [2.24, 2.45) is 0 Å². The zero-order chi connectivity index (χ0) is 19.3. The molecule has 2 atom stereocenters. The van der Waals surface area contributed by atoms with Gasteiger partial charge in [0, 0.05) is 42.3 Å². The van der Waals surface area contributed by atoms with Crippen molar-refractivity contribution in [2.45, 2.75) is 25.9 Å². The SMILES string of the molecule is CC1CN(c2ccc3cc(-c4ccc5c(c4)OCO5)c(=O)oc3c2)CC(C)N1. The fourth-order valence-electron chi connectivity index (χ4n) is 4.10. The molecule has 5 rings (SSSR count). The van der Waals surface area contributed by atoms with Gasteiger partial charge in [-0.25, -0.2) is 4.79 Å². The first-order chi connectivity index (χ1) is 13.6. The van der Waals surface area contributed by atoms with E-state index in [4.69, 9.17) is 13.9 Å². The van der Waals surface area contributed by atoms with Crippen molar-refractivity contribution in [1.82, 2.24) is 5.32 Å². The highest BCUT2D eigenvalue weighted by atomic mass is 16.7. The Morgan fingerprint density at radius 3 is 2.57 bits per heavy atom. The molecule has 2 aliphatic rings. The number of ether oxygens (including phenoxy) is 2. The molecule has 0 amide bonds. The third-order valence-electron chi connectivity index (χ3n) is 5.33. The van der Waals surface area contributed by atoms with Crippen molar-refractivity contribution in [3.8, 4) is 22.6 Å². The van der Waals surface area contributed by atoms with E-state index in [1.54, 1.807) is 0 Å². The Labute approximate surface area is 162 Å². The Balaban J connectivity index is 1.52. The lowest BCUT2D eigenvalue weighted by Crippen LogP contribution is -2.54. The zero-order valence-corrected chi connectivity index (χ0v) is 15.9. The van der Waals surface area contributed by atoms with Gasteiger partial charge in [-0.2, -0.15) is 0 Å². The first kappa shape index (κ1) is 17.1. The summed E-state index contributed by atoms with van der Waals surface area (Å²) in [6.07, 6.45) is 0. The standard InChI is InChI=1S/C22H22N2O4/c1-13-10-24(11-14(2)23-13)17-5-3-16-7-18(22(25)28-20(16)9-17)15-4-6-19-21(8-15)27-12-26-19/h3-9,13-14,23H,10-12H2,1-2H3. The molecule has 2 aliphatic heterocycles. The van der Waals surface area contributed by atoms with Crippen LogP contribution in [0, 0.1) is 0 Å². The van der Waals surface area contributed by atoms with Crippen molar-refractivity contribution >= 4 is 16.7 Å². The number of anilines is 1. The maximum atomic E-state index is 12.7.